The number of phenols is 1. The third kappa shape index (κ3) is 3.24. The first-order chi connectivity index (χ1) is 11.4. The summed E-state index contributed by atoms with van der Waals surface area (Å²) < 4.78 is 14.5. The Morgan fingerprint density at radius 2 is 1.79 bits per heavy atom. The Bertz CT molecular complexity index is 702. The molecule has 1 aliphatic heterocycles. The van der Waals surface area contributed by atoms with Crippen molar-refractivity contribution in [1.29, 1.82) is 0 Å². The van der Waals surface area contributed by atoms with Crippen LogP contribution in [0.3, 0.4) is 0 Å². The van der Waals surface area contributed by atoms with E-state index >= 15 is 0 Å². The summed E-state index contributed by atoms with van der Waals surface area (Å²) in [6.07, 6.45) is 1.38. The largest absolute Gasteiger partial charge is 0.502 e. The topological polar surface area (TPSA) is 114 Å². The van der Waals surface area contributed by atoms with E-state index in [1.807, 2.05) is 0 Å². The second kappa shape index (κ2) is 6.90. The first-order valence-electron chi connectivity index (χ1n) is 6.77. The summed E-state index contributed by atoms with van der Waals surface area (Å²) in [5.74, 6) is -1.28. The van der Waals surface area contributed by atoms with Crippen molar-refractivity contribution >= 4 is 24.0 Å². The lowest BCUT2D eigenvalue weighted by molar-refractivity contribution is -0.143. The van der Waals surface area contributed by atoms with E-state index in [0.29, 0.717) is 5.56 Å². The van der Waals surface area contributed by atoms with Crippen molar-refractivity contribution in [2.24, 2.45) is 0 Å². The van der Waals surface area contributed by atoms with Crippen molar-refractivity contribution < 1.29 is 33.7 Å². The highest BCUT2D eigenvalue weighted by atomic mass is 16.5. The van der Waals surface area contributed by atoms with Crippen molar-refractivity contribution in [1.82, 2.24) is 10.2 Å². The number of rotatable bonds is 5. The number of esters is 1. The monoisotopic (exact) mass is 336 g/mol. The van der Waals surface area contributed by atoms with Crippen LogP contribution in [0, 0.1) is 0 Å². The van der Waals surface area contributed by atoms with Crippen molar-refractivity contribution in [2.75, 3.05) is 27.9 Å². The highest BCUT2D eigenvalue weighted by Gasteiger charge is 2.35. The molecule has 1 aromatic rings. The molecule has 0 unspecified atom stereocenters. The zero-order valence-electron chi connectivity index (χ0n) is 13.3. The summed E-state index contributed by atoms with van der Waals surface area (Å²) in [5, 5.41) is 12.2. The Balaban J connectivity index is 2.33. The first kappa shape index (κ1) is 17.1. The minimum atomic E-state index is -0.727. The quantitative estimate of drug-likeness (QED) is 0.456. The molecule has 0 aromatic heterocycles. The van der Waals surface area contributed by atoms with Crippen LogP contribution in [0.5, 0.6) is 17.2 Å². The number of amides is 3. The van der Waals surface area contributed by atoms with Gasteiger partial charge < -0.3 is 24.6 Å². The van der Waals surface area contributed by atoms with Gasteiger partial charge in [0.05, 0.1) is 21.3 Å². The molecule has 24 heavy (non-hydrogen) atoms. The number of urea groups is 1. The minimum absolute atomic E-state index is 0.0290. The summed E-state index contributed by atoms with van der Waals surface area (Å²) in [4.78, 5) is 36.0. The van der Waals surface area contributed by atoms with E-state index in [1.165, 1.54) is 32.4 Å². The third-order valence-corrected chi connectivity index (χ3v) is 3.29. The number of carbonyl (C=O) groups excluding carboxylic acids is 3. The van der Waals surface area contributed by atoms with Crippen LogP contribution >= 0.6 is 0 Å². The summed E-state index contributed by atoms with van der Waals surface area (Å²) in [7, 11) is 3.89. The lowest BCUT2D eigenvalue weighted by Crippen LogP contribution is -2.36. The van der Waals surface area contributed by atoms with E-state index in [-0.39, 0.29) is 22.9 Å². The van der Waals surface area contributed by atoms with Crippen LogP contribution in [0.4, 0.5) is 4.79 Å². The number of hydrogen-bond donors (Lipinski definition) is 2. The summed E-state index contributed by atoms with van der Waals surface area (Å²) in [5.41, 5.74) is 0.420. The van der Waals surface area contributed by atoms with E-state index in [1.54, 1.807) is 0 Å². The van der Waals surface area contributed by atoms with Gasteiger partial charge in [-0.05, 0) is 23.8 Å². The van der Waals surface area contributed by atoms with Gasteiger partial charge in [-0.1, -0.05) is 0 Å². The van der Waals surface area contributed by atoms with Crippen molar-refractivity contribution in [3.63, 3.8) is 0 Å². The fourth-order valence-corrected chi connectivity index (χ4v) is 2.07. The Kier molecular flexibility index (Phi) is 4.93. The van der Waals surface area contributed by atoms with Gasteiger partial charge in [-0.25, -0.2) is 9.69 Å². The van der Waals surface area contributed by atoms with Crippen LogP contribution in [-0.4, -0.2) is 55.8 Å². The molecule has 1 heterocycles. The first-order valence-corrected chi connectivity index (χ1v) is 6.77. The zero-order chi connectivity index (χ0) is 17.9. The molecule has 1 aliphatic rings. The predicted molar refractivity (Wildman–Crippen MR) is 81.4 cm³/mol. The van der Waals surface area contributed by atoms with Crippen LogP contribution in [0.15, 0.2) is 17.8 Å². The summed E-state index contributed by atoms with van der Waals surface area (Å²) in [6, 6.07) is 2.20. The maximum atomic E-state index is 12.2. The fraction of sp³-hybridized carbons (Fsp3) is 0.267. The molecule has 0 aliphatic carbocycles. The van der Waals surface area contributed by atoms with Gasteiger partial charge in [-0.2, -0.15) is 0 Å². The number of hydrogen-bond acceptors (Lipinski definition) is 7. The van der Waals surface area contributed by atoms with Crippen molar-refractivity contribution in [2.45, 2.75) is 0 Å². The second-order valence-electron chi connectivity index (χ2n) is 4.73. The predicted octanol–water partition coefficient (Wildman–Crippen LogP) is 0.475. The number of ether oxygens (including phenoxy) is 3. The third-order valence-electron chi connectivity index (χ3n) is 3.29. The van der Waals surface area contributed by atoms with Gasteiger partial charge in [0, 0.05) is 0 Å². The van der Waals surface area contributed by atoms with Gasteiger partial charge >= 0.3 is 12.0 Å². The number of methoxy groups -OCH3 is 3. The molecule has 1 fully saturated rings. The SMILES string of the molecule is COC(=O)CN1C(=O)N/C(=C/c2cc(OC)c(O)c(OC)c2)C1=O. The van der Waals surface area contributed by atoms with Gasteiger partial charge in [0.1, 0.15) is 12.2 Å². The van der Waals surface area contributed by atoms with Gasteiger partial charge in [0.25, 0.3) is 5.91 Å². The number of benzene rings is 1. The second-order valence-corrected chi connectivity index (χ2v) is 4.73. The van der Waals surface area contributed by atoms with Crippen LogP contribution < -0.4 is 14.8 Å². The van der Waals surface area contributed by atoms with Gasteiger partial charge in [0.15, 0.2) is 11.5 Å². The molecule has 3 amide bonds. The van der Waals surface area contributed by atoms with Crippen LogP contribution in [0.1, 0.15) is 5.56 Å². The smallest absolute Gasteiger partial charge is 0.329 e. The summed E-state index contributed by atoms with van der Waals surface area (Å²) in [6.45, 7) is -0.485. The molecular formula is C15H16N2O7. The Morgan fingerprint density at radius 1 is 1.21 bits per heavy atom. The fourth-order valence-electron chi connectivity index (χ4n) is 2.07. The summed E-state index contributed by atoms with van der Waals surface area (Å²) >= 11 is 0. The van der Waals surface area contributed by atoms with E-state index in [2.05, 4.69) is 10.1 Å². The standard InChI is InChI=1S/C15H16N2O7/c1-22-10-5-8(6-11(23-2)13(10)19)4-9-14(20)17(15(21)16-9)7-12(18)24-3/h4-6,19H,7H2,1-3H3,(H,16,21)/b9-4+. The number of phenolic OH excluding ortho intramolecular Hbond substituents is 1. The number of nitrogens with zero attached hydrogens (tertiary/aromatic N) is 1. The van der Waals surface area contributed by atoms with Crippen molar-refractivity contribution in [3.05, 3.63) is 23.4 Å². The van der Waals surface area contributed by atoms with E-state index in [4.69, 9.17) is 9.47 Å². The van der Waals surface area contributed by atoms with Crippen LogP contribution in [0.2, 0.25) is 0 Å². The highest BCUT2D eigenvalue weighted by Crippen LogP contribution is 2.37. The Morgan fingerprint density at radius 3 is 2.29 bits per heavy atom. The molecule has 0 radical (unpaired) electrons. The number of nitrogens with one attached hydrogen (secondary N) is 1. The van der Waals surface area contributed by atoms with E-state index in [9.17, 15) is 19.5 Å². The maximum Gasteiger partial charge on any atom is 0.329 e. The number of carbonyl (C=O) groups is 3. The van der Waals surface area contributed by atoms with E-state index < -0.39 is 24.5 Å². The molecule has 1 saturated heterocycles. The zero-order valence-corrected chi connectivity index (χ0v) is 13.3. The van der Waals surface area contributed by atoms with Crippen molar-refractivity contribution in [3.8, 4) is 17.2 Å². The molecule has 1 aromatic carbocycles. The average molecular weight is 336 g/mol. The van der Waals surface area contributed by atoms with Gasteiger partial charge in [-0.3, -0.25) is 9.59 Å². The molecule has 0 spiro atoms. The Hall–Kier alpha value is -3.23. The number of aromatic hydroxyl groups is 1. The molecular weight excluding hydrogens is 320 g/mol. The van der Waals surface area contributed by atoms with Gasteiger partial charge in [-0.15, -0.1) is 0 Å². The normalized spacial score (nSPS) is 15.5. The number of imide groups is 1. The molecule has 0 atom stereocenters. The maximum absolute atomic E-state index is 12.2. The molecule has 2 N–H and O–H groups in total. The lowest BCUT2D eigenvalue weighted by atomic mass is 10.1. The highest BCUT2D eigenvalue weighted by molar-refractivity contribution is 6.15. The lowest BCUT2D eigenvalue weighted by Gasteiger charge is -2.10. The molecule has 128 valence electrons. The molecule has 0 saturated carbocycles. The molecule has 9 nitrogen and oxygen atoms in total. The Labute approximate surface area is 137 Å². The van der Waals surface area contributed by atoms with Crippen LogP contribution in [-0.2, 0) is 14.3 Å². The molecule has 0 bridgehead atoms. The molecule has 9 heteroatoms. The molecule has 2 rings (SSSR count). The van der Waals surface area contributed by atoms with E-state index in [0.717, 1.165) is 12.0 Å². The average Bonchev–Trinajstić information content (AvgIpc) is 2.83. The minimum Gasteiger partial charge on any atom is -0.502 e. The van der Waals surface area contributed by atoms with Gasteiger partial charge in [0.2, 0.25) is 5.75 Å². The van der Waals surface area contributed by atoms with Crippen LogP contribution in [0.25, 0.3) is 6.08 Å².